The Hall–Kier alpha value is -0.770. The van der Waals surface area contributed by atoms with Crippen molar-refractivity contribution in [1.29, 1.82) is 0 Å². The van der Waals surface area contributed by atoms with Crippen molar-refractivity contribution in [3.8, 4) is 0 Å². The SMILES string of the molecule is NCCCCN1CCOC1=O. The fourth-order valence-corrected chi connectivity index (χ4v) is 1.08. The highest BCUT2D eigenvalue weighted by Crippen LogP contribution is 2.04. The van der Waals surface area contributed by atoms with E-state index in [2.05, 4.69) is 0 Å². The molecule has 4 nitrogen and oxygen atoms in total. The third-order valence-electron chi connectivity index (χ3n) is 1.73. The van der Waals surface area contributed by atoms with Crippen LogP contribution in [0.15, 0.2) is 0 Å². The predicted octanol–water partition coefficient (Wildman–Crippen LogP) is 0.178. The number of unbranched alkanes of at least 4 members (excludes halogenated alkanes) is 1. The van der Waals surface area contributed by atoms with Crippen molar-refractivity contribution in [1.82, 2.24) is 4.90 Å². The normalized spacial score (nSPS) is 17.2. The molecule has 0 aromatic heterocycles. The number of hydrogen-bond donors (Lipinski definition) is 1. The van der Waals surface area contributed by atoms with Crippen LogP contribution in [0.3, 0.4) is 0 Å². The van der Waals surface area contributed by atoms with Crippen LogP contribution in [0.25, 0.3) is 0 Å². The Balaban J connectivity index is 2.10. The van der Waals surface area contributed by atoms with E-state index in [1.807, 2.05) is 0 Å². The molecule has 1 rings (SSSR count). The Morgan fingerprint density at radius 3 is 2.91 bits per heavy atom. The molecule has 0 bridgehead atoms. The number of carbonyl (C=O) groups excluding carboxylic acids is 1. The van der Waals surface area contributed by atoms with E-state index in [9.17, 15) is 4.79 Å². The van der Waals surface area contributed by atoms with Gasteiger partial charge in [0.15, 0.2) is 0 Å². The average Bonchev–Trinajstić information content (AvgIpc) is 2.37. The van der Waals surface area contributed by atoms with Crippen LogP contribution in [0.1, 0.15) is 12.8 Å². The largest absolute Gasteiger partial charge is 0.448 e. The molecular formula is C7H14N2O2. The minimum Gasteiger partial charge on any atom is -0.448 e. The van der Waals surface area contributed by atoms with Gasteiger partial charge in [0.25, 0.3) is 0 Å². The molecule has 0 atom stereocenters. The summed E-state index contributed by atoms with van der Waals surface area (Å²) in [6, 6.07) is 0. The summed E-state index contributed by atoms with van der Waals surface area (Å²) in [6.07, 6.45) is 1.78. The van der Waals surface area contributed by atoms with Gasteiger partial charge in [-0.05, 0) is 19.4 Å². The fraction of sp³-hybridized carbons (Fsp3) is 0.857. The van der Waals surface area contributed by atoms with Crippen molar-refractivity contribution in [2.24, 2.45) is 5.73 Å². The highest BCUT2D eigenvalue weighted by atomic mass is 16.6. The lowest BCUT2D eigenvalue weighted by Crippen LogP contribution is -2.25. The van der Waals surface area contributed by atoms with Crippen molar-refractivity contribution < 1.29 is 9.53 Å². The highest BCUT2D eigenvalue weighted by molar-refractivity contribution is 5.69. The van der Waals surface area contributed by atoms with Crippen LogP contribution in [0.5, 0.6) is 0 Å². The maximum Gasteiger partial charge on any atom is 0.409 e. The summed E-state index contributed by atoms with van der Waals surface area (Å²) in [5.74, 6) is 0. The van der Waals surface area contributed by atoms with Gasteiger partial charge in [-0.25, -0.2) is 4.79 Å². The third-order valence-corrected chi connectivity index (χ3v) is 1.73. The number of cyclic esters (lactones) is 1. The van der Waals surface area contributed by atoms with Gasteiger partial charge in [-0.1, -0.05) is 0 Å². The topological polar surface area (TPSA) is 55.6 Å². The molecule has 64 valence electrons. The lowest BCUT2D eigenvalue weighted by Gasteiger charge is -2.10. The minimum absolute atomic E-state index is 0.179. The molecule has 1 saturated heterocycles. The van der Waals surface area contributed by atoms with Gasteiger partial charge in [0.1, 0.15) is 6.61 Å². The molecule has 1 fully saturated rings. The van der Waals surface area contributed by atoms with Crippen LogP contribution in [-0.4, -0.2) is 37.2 Å². The van der Waals surface area contributed by atoms with Crippen LogP contribution in [0.4, 0.5) is 4.79 Å². The molecule has 0 saturated carbocycles. The standard InChI is InChI=1S/C7H14N2O2/c8-3-1-2-4-9-5-6-11-7(9)10/h1-6,8H2. The van der Waals surface area contributed by atoms with Gasteiger partial charge in [0.2, 0.25) is 0 Å². The summed E-state index contributed by atoms with van der Waals surface area (Å²) >= 11 is 0. The molecule has 0 spiro atoms. The van der Waals surface area contributed by atoms with E-state index in [1.54, 1.807) is 4.90 Å². The zero-order chi connectivity index (χ0) is 8.10. The summed E-state index contributed by atoms with van der Waals surface area (Å²) in [5, 5.41) is 0. The van der Waals surface area contributed by atoms with Crippen molar-refractivity contribution in [3.05, 3.63) is 0 Å². The summed E-state index contributed by atoms with van der Waals surface area (Å²) < 4.78 is 4.75. The molecule has 0 aromatic rings. The molecule has 1 aliphatic rings. The maximum atomic E-state index is 10.8. The third kappa shape index (κ3) is 2.38. The zero-order valence-corrected chi connectivity index (χ0v) is 6.58. The van der Waals surface area contributed by atoms with E-state index >= 15 is 0 Å². The first-order valence-corrected chi connectivity index (χ1v) is 3.96. The quantitative estimate of drug-likeness (QED) is 0.594. The zero-order valence-electron chi connectivity index (χ0n) is 6.58. The van der Waals surface area contributed by atoms with E-state index in [1.165, 1.54) is 0 Å². The number of carbonyl (C=O) groups is 1. The summed E-state index contributed by atoms with van der Waals surface area (Å²) in [7, 11) is 0. The van der Waals surface area contributed by atoms with Crippen molar-refractivity contribution in [3.63, 3.8) is 0 Å². The highest BCUT2D eigenvalue weighted by Gasteiger charge is 2.20. The molecule has 0 aromatic carbocycles. The maximum absolute atomic E-state index is 10.8. The van der Waals surface area contributed by atoms with Gasteiger partial charge in [0, 0.05) is 6.54 Å². The number of amides is 1. The molecule has 1 aliphatic heterocycles. The van der Waals surface area contributed by atoms with E-state index in [0.29, 0.717) is 13.2 Å². The van der Waals surface area contributed by atoms with Crippen molar-refractivity contribution in [2.45, 2.75) is 12.8 Å². The molecule has 1 heterocycles. The first-order chi connectivity index (χ1) is 5.34. The van der Waals surface area contributed by atoms with E-state index in [0.717, 1.165) is 25.9 Å². The number of hydrogen-bond acceptors (Lipinski definition) is 3. The predicted molar refractivity (Wildman–Crippen MR) is 41.2 cm³/mol. The van der Waals surface area contributed by atoms with Crippen LogP contribution in [0, 0.1) is 0 Å². The smallest absolute Gasteiger partial charge is 0.409 e. The number of rotatable bonds is 4. The first-order valence-electron chi connectivity index (χ1n) is 3.96. The lowest BCUT2D eigenvalue weighted by atomic mass is 10.3. The van der Waals surface area contributed by atoms with Gasteiger partial charge in [-0.2, -0.15) is 0 Å². The van der Waals surface area contributed by atoms with Gasteiger partial charge < -0.3 is 15.4 Å². The fourth-order valence-electron chi connectivity index (χ4n) is 1.08. The molecular weight excluding hydrogens is 144 g/mol. The lowest BCUT2D eigenvalue weighted by molar-refractivity contribution is 0.158. The Morgan fingerprint density at radius 2 is 2.36 bits per heavy atom. The molecule has 0 aliphatic carbocycles. The Labute approximate surface area is 66.3 Å². The Kier molecular flexibility index (Phi) is 3.16. The van der Waals surface area contributed by atoms with Crippen LogP contribution in [0.2, 0.25) is 0 Å². The van der Waals surface area contributed by atoms with Crippen molar-refractivity contribution >= 4 is 6.09 Å². The Morgan fingerprint density at radius 1 is 1.55 bits per heavy atom. The molecule has 0 radical (unpaired) electrons. The summed E-state index contributed by atoms with van der Waals surface area (Å²) in [6.45, 7) is 2.77. The van der Waals surface area contributed by atoms with Crippen LogP contribution < -0.4 is 5.73 Å². The van der Waals surface area contributed by atoms with E-state index < -0.39 is 0 Å². The second kappa shape index (κ2) is 4.18. The average molecular weight is 158 g/mol. The second-order valence-electron chi connectivity index (χ2n) is 2.60. The molecule has 11 heavy (non-hydrogen) atoms. The summed E-state index contributed by atoms with van der Waals surface area (Å²) in [5.41, 5.74) is 5.31. The monoisotopic (exact) mass is 158 g/mol. The van der Waals surface area contributed by atoms with Gasteiger partial charge in [0.05, 0.1) is 6.54 Å². The molecule has 0 unspecified atom stereocenters. The van der Waals surface area contributed by atoms with Crippen molar-refractivity contribution in [2.75, 3.05) is 26.2 Å². The van der Waals surface area contributed by atoms with Crippen LogP contribution >= 0.6 is 0 Å². The Bertz CT molecular complexity index is 138. The van der Waals surface area contributed by atoms with Crippen LogP contribution in [-0.2, 0) is 4.74 Å². The number of ether oxygens (including phenoxy) is 1. The second-order valence-corrected chi connectivity index (χ2v) is 2.60. The first kappa shape index (κ1) is 8.33. The van der Waals surface area contributed by atoms with Gasteiger partial charge >= 0.3 is 6.09 Å². The molecule has 4 heteroatoms. The molecule has 2 N–H and O–H groups in total. The summed E-state index contributed by atoms with van der Waals surface area (Å²) in [4.78, 5) is 12.6. The van der Waals surface area contributed by atoms with E-state index in [4.69, 9.17) is 10.5 Å². The minimum atomic E-state index is -0.179. The van der Waals surface area contributed by atoms with E-state index in [-0.39, 0.29) is 6.09 Å². The van der Waals surface area contributed by atoms with Gasteiger partial charge in [-0.3, -0.25) is 0 Å². The molecule has 1 amide bonds. The number of nitrogens with two attached hydrogens (primary N) is 1. The number of nitrogens with zero attached hydrogens (tertiary/aromatic N) is 1. The van der Waals surface area contributed by atoms with Gasteiger partial charge in [-0.15, -0.1) is 0 Å².